The van der Waals surface area contributed by atoms with E-state index in [0.717, 1.165) is 25.0 Å². The third-order valence-corrected chi connectivity index (χ3v) is 3.50. The van der Waals surface area contributed by atoms with Gasteiger partial charge in [-0.05, 0) is 57.7 Å². The summed E-state index contributed by atoms with van der Waals surface area (Å²) in [5.41, 5.74) is 0. The molecule has 0 heterocycles. The van der Waals surface area contributed by atoms with Gasteiger partial charge in [-0.3, -0.25) is 4.99 Å². The highest BCUT2D eigenvalue weighted by Gasteiger charge is 2.20. The summed E-state index contributed by atoms with van der Waals surface area (Å²) in [6, 6.07) is 0. The number of hydrogen-bond donors (Lipinski definition) is 2. The van der Waals surface area contributed by atoms with E-state index in [1.165, 1.54) is 51.7 Å². The highest BCUT2D eigenvalue weighted by molar-refractivity contribution is 14.0. The zero-order chi connectivity index (χ0) is 13.9. The Morgan fingerprint density at radius 3 is 2.25 bits per heavy atom. The van der Waals surface area contributed by atoms with Crippen molar-refractivity contribution in [3.05, 3.63) is 0 Å². The van der Waals surface area contributed by atoms with Crippen LogP contribution in [0.4, 0.5) is 0 Å². The van der Waals surface area contributed by atoms with Crippen LogP contribution in [0, 0.1) is 5.92 Å². The van der Waals surface area contributed by atoms with Crippen LogP contribution in [0.1, 0.15) is 46.0 Å². The molecule has 1 fully saturated rings. The fourth-order valence-electron chi connectivity index (χ4n) is 2.26. The Morgan fingerprint density at radius 1 is 1.10 bits per heavy atom. The first-order valence-corrected chi connectivity index (χ1v) is 7.97. The highest BCUT2D eigenvalue weighted by Crippen LogP contribution is 2.27. The number of nitrogens with one attached hydrogen (secondary N) is 2. The molecule has 5 heteroatoms. The normalized spacial score (nSPS) is 15.1. The average molecular weight is 396 g/mol. The number of hydrogen-bond acceptors (Lipinski definition) is 2. The molecule has 20 heavy (non-hydrogen) atoms. The quantitative estimate of drug-likeness (QED) is 0.258. The summed E-state index contributed by atoms with van der Waals surface area (Å²) in [5.74, 6) is 1.85. The Bertz CT molecular complexity index is 248. The van der Waals surface area contributed by atoms with Crippen molar-refractivity contribution in [1.29, 1.82) is 0 Å². The van der Waals surface area contributed by atoms with E-state index in [9.17, 15) is 0 Å². The van der Waals surface area contributed by atoms with Crippen LogP contribution in [0.5, 0.6) is 0 Å². The third kappa shape index (κ3) is 9.80. The van der Waals surface area contributed by atoms with Crippen LogP contribution in [0.2, 0.25) is 0 Å². The number of nitrogens with zero attached hydrogens (tertiary/aromatic N) is 2. The van der Waals surface area contributed by atoms with Crippen molar-refractivity contribution in [3.8, 4) is 0 Å². The number of halogens is 1. The zero-order valence-corrected chi connectivity index (χ0v) is 15.8. The highest BCUT2D eigenvalue weighted by atomic mass is 127. The summed E-state index contributed by atoms with van der Waals surface area (Å²) in [5, 5.41) is 6.80. The predicted octanol–water partition coefficient (Wildman–Crippen LogP) is 2.69. The van der Waals surface area contributed by atoms with Crippen LogP contribution in [0.15, 0.2) is 4.99 Å². The van der Waals surface area contributed by atoms with Crippen LogP contribution >= 0.6 is 24.0 Å². The summed E-state index contributed by atoms with van der Waals surface area (Å²) in [6.45, 7) is 10.2. The van der Waals surface area contributed by atoms with Gasteiger partial charge in [0.2, 0.25) is 0 Å². The topological polar surface area (TPSA) is 39.7 Å². The number of guanidine groups is 1. The van der Waals surface area contributed by atoms with E-state index in [0.29, 0.717) is 0 Å². The second kappa shape index (κ2) is 12.7. The lowest BCUT2D eigenvalue weighted by molar-refractivity contribution is 0.271. The van der Waals surface area contributed by atoms with Crippen LogP contribution in [0.25, 0.3) is 0 Å². The molecule has 1 aliphatic carbocycles. The minimum atomic E-state index is 0. The molecule has 1 rings (SSSR count). The maximum Gasteiger partial charge on any atom is 0.190 e. The van der Waals surface area contributed by atoms with Crippen LogP contribution < -0.4 is 10.6 Å². The number of aliphatic imine (C=N–C) groups is 1. The van der Waals surface area contributed by atoms with Gasteiger partial charge in [0.05, 0.1) is 0 Å². The summed E-state index contributed by atoms with van der Waals surface area (Å²) in [6.07, 6.45) is 6.44. The molecule has 0 unspecified atom stereocenters. The Kier molecular flexibility index (Phi) is 12.7. The molecule has 0 spiro atoms. The van der Waals surface area contributed by atoms with Gasteiger partial charge >= 0.3 is 0 Å². The van der Waals surface area contributed by atoms with Gasteiger partial charge in [0.25, 0.3) is 0 Å². The van der Waals surface area contributed by atoms with Crippen molar-refractivity contribution >= 4 is 29.9 Å². The fraction of sp³-hybridized carbons (Fsp3) is 0.933. The Labute approximate surface area is 142 Å². The van der Waals surface area contributed by atoms with Crippen LogP contribution in [-0.4, -0.2) is 50.6 Å². The largest absolute Gasteiger partial charge is 0.356 e. The van der Waals surface area contributed by atoms with Gasteiger partial charge in [0, 0.05) is 20.1 Å². The first kappa shape index (κ1) is 20.0. The zero-order valence-electron chi connectivity index (χ0n) is 13.5. The van der Waals surface area contributed by atoms with Crippen molar-refractivity contribution < 1.29 is 0 Å². The molecule has 0 aromatic carbocycles. The van der Waals surface area contributed by atoms with E-state index in [1.807, 2.05) is 7.05 Å². The van der Waals surface area contributed by atoms with E-state index >= 15 is 0 Å². The maximum atomic E-state index is 4.26. The van der Waals surface area contributed by atoms with Gasteiger partial charge in [-0.25, -0.2) is 0 Å². The van der Waals surface area contributed by atoms with E-state index < -0.39 is 0 Å². The van der Waals surface area contributed by atoms with E-state index in [-0.39, 0.29) is 24.0 Å². The van der Waals surface area contributed by atoms with Crippen molar-refractivity contribution in [1.82, 2.24) is 15.5 Å². The Hall–Kier alpha value is -0.0400. The lowest BCUT2D eigenvalue weighted by Crippen LogP contribution is -2.39. The molecule has 2 N–H and O–H groups in total. The second-order valence-electron chi connectivity index (χ2n) is 5.52. The van der Waals surface area contributed by atoms with Gasteiger partial charge in [-0.1, -0.05) is 13.8 Å². The molecule has 0 bridgehead atoms. The first-order chi connectivity index (χ1) is 9.30. The van der Waals surface area contributed by atoms with Gasteiger partial charge in [-0.2, -0.15) is 0 Å². The van der Waals surface area contributed by atoms with Gasteiger partial charge in [-0.15, -0.1) is 24.0 Å². The molecule has 0 atom stereocenters. The lowest BCUT2D eigenvalue weighted by Gasteiger charge is -2.21. The van der Waals surface area contributed by atoms with Gasteiger partial charge < -0.3 is 15.5 Å². The summed E-state index contributed by atoms with van der Waals surface area (Å²) in [4.78, 5) is 6.82. The Morgan fingerprint density at radius 2 is 1.75 bits per heavy atom. The maximum absolute atomic E-state index is 4.26. The molecule has 0 amide bonds. The van der Waals surface area contributed by atoms with Crippen molar-refractivity contribution in [3.63, 3.8) is 0 Å². The Balaban J connectivity index is 0.00000361. The monoisotopic (exact) mass is 396 g/mol. The molecule has 0 aromatic heterocycles. The SMILES string of the molecule is CCCN(CCC)CCCNC(=NC)NCC1CC1.I. The van der Waals surface area contributed by atoms with Crippen LogP contribution in [0.3, 0.4) is 0 Å². The van der Waals surface area contributed by atoms with Crippen molar-refractivity contribution in [2.24, 2.45) is 10.9 Å². The second-order valence-corrected chi connectivity index (χ2v) is 5.52. The van der Waals surface area contributed by atoms with Crippen LogP contribution in [-0.2, 0) is 0 Å². The summed E-state index contributed by atoms with van der Waals surface area (Å²) in [7, 11) is 1.85. The smallest absolute Gasteiger partial charge is 0.190 e. The molecule has 4 nitrogen and oxygen atoms in total. The molecule has 120 valence electrons. The average Bonchev–Trinajstić information content (AvgIpc) is 3.22. The first-order valence-electron chi connectivity index (χ1n) is 7.97. The molecular weight excluding hydrogens is 363 g/mol. The van der Waals surface area contributed by atoms with E-state index in [2.05, 4.69) is 34.4 Å². The molecule has 0 aromatic rings. The fourth-order valence-corrected chi connectivity index (χ4v) is 2.26. The van der Waals surface area contributed by atoms with Crippen molar-refractivity contribution in [2.75, 3.05) is 39.8 Å². The van der Waals surface area contributed by atoms with E-state index in [4.69, 9.17) is 0 Å². The third-order valence-electron chi connectivity index (χ3n) is 3.50. The molecule has 1 saturated carbocycles. The van der Waals surface area contributed by atoms with E-state index in [1.54, 1.807) is 0 Å². The summed E-state index contributed by atoms with van der Waals surface area (Å²) < 4.78 is 0. The molecule has 1 aliphatic rings. The lowest BCUT2D eigenvalue weighted by atomic mass is 10.3. The molecule has 0 saturated heterocycles. The standard InChI is InChI=1S/C15H32N4.HI/c1-4-10-19(11-5-2)12-6-9-17-15(16-3)18-13-14-7-8-14;/h14H,4-13H2,1-3H3,(H2,16,17,18);1H. The van der Waals surface area contributed by atoms with Crippen molar-refractivity contribution in [2.45, 2.75) is 46.0 Å². The van der Waals surface area contributed by atoms with Gasteiger partial charge in [0.1, 0.15) is 0 Å². The molecular formula is C15H33IN4. The number of rotatable bonds is 10. The summed E-state index contributed by atoms with van der Waals surface area (Å²) >= 11 is 0. The van der Waals surface area contributed by atoms with Gasteiger partial charge in [0.15, 0.2) is 5.96 Å². The minimum Gasteiger partial charge on any atom is -0.356 e. The minimum absolute atomic E-state index is 0. The molecule has 0 radical (unpaired) electrons. The predicted molar refractivity (Wildman–Crippen MR) is 99.1 cm³/mol. The molecule has 0 aliphatic heterocycles.